The Labute approximate surface area is 112 Å². The maximum absolute atomic E-state index is 11.2. The molecule has 106 valence electrons. The van der Waals surface area contributed by atoms with E-state index in [9.17, 15) is 9.90 Å². The second kappa shape index (κ2) is 7.65. The monoisotopic (exact) mass is 269 g/mol. The average molecular weight is 269 g/mol. The Morgan fingerprint density at radius 2 is 2.21 bits per heavy atom. The number of hydrogen-bond donors (Lipinski definition) is 1. The van der Waals surface area contributed by atoms with Gasteiger partial charge < -0.3 is 19.5 Å². The predicted octanol–water partition coefficient (Wildman–Crippen LogP) is 0.663. The van der Waals surface area contributed by atoms with Gasteiger partial charge in [-0.15, -0.1) is 5.10 Å². The zero-order valence-electron chi connectivity index (χ0n) is 11.4. The molecular formula is C12H19N3O4. The first kappa shape index (κ1) is 15.3. The van der Waals surface area contributed by atoms with Gasteiger partial charge in [0.2, 0.25) is 0 Å². The fourth-order valence-electron chi connectivity index (χ4n) is 1.76. The zero-order chi connectivity index (χ0) is 14.3. The molecule has 0 aromatic carbocycles. The molecule has 1 aromatic heterocycles. The van der Waals surface area contributed by atoms with Crippen LogP contribution < -0.4 is 4.90 Å². The molecule has 0 radical (unpaired) electrons. The topological polar surface area (TPSA) is 84.8 Å². The van der Waals surface area contributed by atoms with Gasteiger partial charge in [-0.3, -0.25) is 0 Å². The van der Waals surface area contributed by atoms with Crippen LogP contribution in [0.2, 0.25) is 0 Å². The molecular weight excluding hydrogens is 250 g/mol. The van der Waals surface area contributed by atoms with Gasteiger partial charge in [-0.05, 0) is 13.0 Å². The van der Waals surface area contributed by atoms with Crippen LogP contribution in [0.25, 0.3) is 0 Å². The highest BCUT2D eigenvalue weighted by molar-refractivity contribution is 5.93. The van der Waals surface area contributed by atoms with Crippen LogP contribution in [0.4, 0.5) is 5.82 Å². The zero-order valence-corrected chi connectivity index (χ0v) is 11.4. The lowest BCUT2D eigenvalue weighted by atomic mass is 10.2. The van der Waals surface area contributed by atoms with Crippen molar-refractivity contribution < 1.29 is 19.4 Å². The number of carbonyl (C=O) groups is 1. The van der Waals surface area contributed by atoms with Gasteiger partial charge in [0, 0.05) is 20.8 Å². The SMILES string of the molecule is COCCN(c1nnccc1C(=O)O)C(C)COC. The van der Waals surface area contributed by atoms with Gasteiger partial charge >= 0.3 is 5.97 Å². The van der Waals surface area contributed by atoms with Crippen LogP contribution in [0.3, 0.4) is 0 Å². The van der Waals surface area contributed by atoms with E-state index in [1.54, 1.807) is 14.2 Å². The molecule has 7 heteroatoms. The first-order valence-corrected chi connectivity index (χ1v) is 5.91. The summed E-state index contributed by atoms with van der Waals surface area (Å²) in [5.74, 6) is -0.700. The van der Waals surface area contributed by atoms with E-state index in [0.717, 1.165) is 0 Å². The van der Waals surface area contributed by atoms with Gasteiger partial charge in [-0.2, -0.15) is 5.10 Å². The lowest BCUT2D eigenvalue weighted by Crippen LogP contribution is -2.40. The van der Waals surface area contributed by atoms with Crippen LogP contribution in [0, 0.1) is 0 Å². The molecule has 0 aliphatic rings. The van der Waals surface area contributed by atoms with Crippen molar-refractivity contribution in [3.8, 4) is 0 Å². The van der Waals surface area contributed by atoms with Gasteiger partial charge in [-0.25, -0.2) is 4.79 Å². The van der Waals surface area contributed by atoms with Crippen molar-refractivity contribution in [2.75, 3.05) is 38.9 Å². The lowest BCUT2D eigenvalue weighted by Gasteiger charge is -2.30. The van der Waals surface area contributed by atoms with Crippen molar-refractivity contribution in [1.82, 2.24) is 10.2 Å². The number of ether oxygens (including phenoxy) is 2. The number of aromatic carboxylic acids is 1. The maximum atomic E-state index is 11.2. The summed E-state index contributed by atoms with van der Waals surface area (Å²) in [6.45, 7) is 3.36. The highest BCUT2D eigenvalue weighted by Crippen LogP contribution is 2.18. The number of rotatable bonds is 8. The minimum absolute atomic E-state index is 0.0325. The van der Waals surface area contributed by atoms with E-state index < -0.39 is 5.97 Å². The average Bonchev–Trinajstić information content (AvgIpc) is 2.40. The fraction of sp³-hybridized carbons (Fsp3) is 0.583. The molecule has 1 heterocycles. The minimum Gasteiger partial charge on any atom is -0.478 e. The standard InChI is InChI=1S/C12H19N3O4/c1-9(8-19-3)15(6-7-18-2)11-10(12(16)17)4-5-13-14-11/h4-5,9H,6-8H2,1-3H3,(H,16,17). The molecule has 0 aliphatic heterocycles. The molecule has 0 amide bonds. The highest BCUT2D eigenvalue weighted by atomic mass is 16.5. The summed E-state index contributed by atoms with van der Waals surface area (Å²) in [6, 6.07) is 1.40. The van der Waals surface area contributed by atoms with E-state index in [1.807, 2.05) is 11.8 Å². The van der Waals surface area contributed by atoms with Crippen LogP contribution >= 0.6 is 0 Å². The molecule has 0 saturated heterocycles. The number of aromatic nitrogens is 2. The number of carboxylic acid groups (broad SMARTS) is 1. The van der Waals surface area contributed by atoms with Crippen LogP contribution in [0.1, 0.15) is 17.3 Å². The second-order valence-electron chi connectivity index (χ2n) is 4.06. The highest BCUT2D eigenvalue weighted by Gasteiger charge is 2.22. The molecule has 0 saturated carbocycles. The van der Waals surface area contributed by atoms with Gasteiger partial charge in [0.15, 0.2) is 5.82 Å². The third kappa shape index (κ3) is 4.15. The molecule has 0 aliphatic carbocycles. The van der Waals surface area contributed by atoms with Crippen LogP contribution in [0.15, 0.2) is 12.3 Å². The first-order chi connectivity index (χ1) is 9.11. The maximum Gasteiger partial charge on any atom is 0.339 e. The Hall–Kier alpha value is -1.73. The minimum atomic E-state index is -1.03. The number of hydrogen-bond acceptors (Lipinski definition) is 6. The van der Waals surface area contributed by atoms with E-state index in [-0.39, 0.29) is 11.6 Å². The fourth-order valence-corrected chi connectivity index (χ4v) is 1.76. The van der Waals surface area contributed by atoms with E-state index in [2.05, 4.69) is 10.2 Å². The van der Waals surface area contributed by atoms with Crippen molar-refractivity contribution in [2.24, 2.45) is 0 Å². The third-order valence-corrected chi connectivity index (χ3v) is 2.68. The van der Waals surface area contributed by atoms with E-state index >= 15 is 0 Å². The molecule has 1 aromatic rings. The Kier molecular flexibility index (Phi) is 6.17. The van der Waals surface area contributed by atoms with Gasteiger partial charge in [0.25, 0.3) is 0 Å². The van der Waals surface area contributed by atoms with Crippen LogP contribution in [0.5, 0.6) is 0 Å². The smallest absolute Gasteiger partial charge is 0.339 e. The summed E-state index contributed by atoms with van der Waals surface area (Å²) in [5, 5.41) is 16.9. The molecule has 0 bridgehead atoms. The Balaban J connectivity index is 3.05. The molecule has 0 spiro atoms. The number of methoxy groups -OCH3 is 2. The van der Waals surface area contributed by atoms with Crippen molar-refractivity contribution in [1.29, 1.82) is 0 Å². The Morgan fingerprint density at radius 3 is 2.79 bits per heavy atom. The van der Waals surface area contributed by atoms with Crippen molar-refractivity contribution in [3.63, 3.8) is 0 Å². The summed E-state index contributed by atoms with van der Waals surface area (Å²) in [4.78, 5) is 13.0. The molecule has 1 atom stereocenters. The van der Waals surface area contributed by atoms with Gasteiger partial charge in [0.1, 0.15) is 5.56 Å². The van der Waals surface area contributed by atoms with Crippen LogP contribution in [-0.4, -0.2) is 61.3 Å². The Morgan fingerprint density at radius 1 is 1.47 bits per heavy atom. The summed E-state index contributed by atoms with van der Waals surface area (Å²) in [6.07, 6.45) is 1.36. The molecule has 1 N–H and O–H groups in total. The van der Waals surface area contributed by atoms with E-state index in [1.165, 1.54) is 12.3 Å². The summed E-state index contributed by atoms with van der Waals surface area (Å²) < 4.78 is 10.2. The van der Waals surface area contributed by atoms with Crippen molar-refractivity contribution >= 4 is 11.8 Å². The third-order valence-electron chi connectivity index (χ3n) is 2.68. The van der Waals surface area contributed by atoms with Crippen molar-refractivity contribution in [3.05, 3.63) is 17.8 Å². The van der Waals surface area contributed by atoms with Crippen LogP contribution in [-0.2, 0) is 9.47 Å². The second-order valence-corrected chi connectivity index (χ2v) is 4.06. The van der Waals surface area contributed by atoms with Gasteiger partial charge in [0.05, 0.1) is 25.5 Å². The molecule has 7 nitrogen and oxygen atoms in total. The summed E-state index contributed by atoms with van der Waals surface area (Å²) in [7, 11) is 3.19. The van der Waals surface area contributed by atoms with Gasteiger partial charge in [-0.1, -0.05) is 0 Å². The molecule has 0 fully saturated rings. The van der Waals surface area contributed by atoms with E-state index in [4.69, 9.17) is 9.47 Å². The quantitative estimate of drug-likeness (QED) is 0.742. The number of nitrogens with zero attached hydrogens (tertiary/aromatic N) is 3. The Bertz CT molecular complexity index is 414. The molecule has 1 unspecified atom stereocenters. The number of carboxylic acids is 1. The molecule has 1 rings (SSSR count). The largest absolute Gasteiger partial charge is 0.478 e. The summed E-state index contributed by atoms with van der Waals surface area (Å²) >= 11 is 0. The number of anilines is 1. The first-order valence-electron chi connectivity index (χ1n) is 5.91. The predicted molar refractivity (Wildman–Crippen MR) is 69.6 cm³/mol. The lowest BCUT2D eigenvalue weighted by molar-refractivity contribution is 0.0696. The van der Waals surface area contributed by atoms with E-state index in [0.29, 0.717) is 25.6 Å². The normalized spacial score (nSPS) is 12.2. The molecule has 19 heavy (non-hydrogen) atoms. The van der Waals surface area contributed by atoms with Crippen molar-refractivity contribution in [2.45, 2.75) is 13.0 Å². The summed E-state index contributed by atoms with van der Waals surface area (Å²) in [5.41, 5.74) is 0.119.